The van der Waals surface area contributed by atoms with Crippen LogP contribution < -0.4 is 4.74 Å². The molecule has 2 atom stereocenters. The molecule has 6 heteroatoms. The normalized spacial score (nSPS) is 25.1. The summed E-state index contributed by atoms with van der Waals surface area (Å²) in [5.41, 5.74) is 0.693. The van der Waals surface area contributed by atoms with E-state index in [1.165, 1.54) is 0 Å². The van der Waals surface area contributed by atoms with E-state index in [0.29, 0.717) is 24.7 Å². The number of carbonyl (C=O) groups excluding carboxylic acids is 2. The van der Waals surface area contributed by atoms with Gasteiger partial charge in [0.15, 0.2) is 0 Å². The lowest BCUT2D eigenvalue weighted by Gasteiger charge is -2.34. The molecule has 0 spiro atoms. The molecule has 3 fully saturated rings. The molecule has 3 saturated heterocycles. The fourth-order valence-electron chi connectivity index (χ4n) is 4.41. The summed E-state index contributed by atoms with van der Waals surface area (Å²) in [6, 6.07) is 7.49. The molecule has 152 valence electrons. The van der Waals surface area contributed by atoms with Crippen molar-refractivity contribution in [2.75, 3.05) is 39.4 Å². The van der Waals surface area contributed by atoms with Gasteiger partial charge in [-0.15, -0.1) is 0 Å². The maximum atomic E-state index is 12.6. The molecule has 28 heavy (non-hydrogen) atoms. The van der Waals surface area contributed by atoms with Crippen molar-refractivity contribution in [2.45, 2.75) is 44.6 Å². The van der Waals surface area contributed by atoms with Crippen LogP contribution in [0.3, 0.4) is 0 Å². The Bertz CT molecular complexity index is 696. The standard InChI is InChI=1S/C22H30N2O4/c25-21(23-10-1-2-11-23)18-7-3-8-19(14-18)28-16-17-6-4-12-24(15-17)22(26)20-9-5-13-27-20/h3,7-8,14,17,20H,1-2,4-6,9-13,15-16H2/t17-,20-/m1/s1. The molecule has 1 aromatic carbocycles. The van der Waals surface area contributed by atoms with Gasteiger partial charge in [0.05, 0.1) is 6.61 Å². The molecule has 0 radical (unpaired) electrons. The molecule has 0 bridgehead atoms. The van der Waals surface area contributed by atoms with E-state index in [9.17, 15) is 9.59 Å². The summed E-state index contributed by atoms with van der Waals surface area (Å²) in [6.07, 6.45) is 5.81. The Balaban J connectivity index is 1.30. The minimum atomic E-state index is -0.243. The van der Waals surface area contributed by atoms with Crippen molar-refractivity contribution in [3.05, 3.63) is 29.8 Å². The molecule has 6 nitrogen and oxygen atoms in total. The molecular weight excluding hydrogens is 356 g/mol. The highest BCUT2D eigenvalue weighted by Gasteiger charge is 2.31. The lowest BCUT2D eigenvalue weighted by molar-refractivity contribution is -0.143. The van der Waals surface area contributed by atoms with E-state index in [4.69, 9.17) is 9.47 Å². The topological polar surface area (TPSA) is 59.1 Å². The molecule has 0 aromatic heterocycles. The van der Waals surface area contributed by atoms with Gasteiger partial charge in [0.1, 0.15) is 11.9 Å². The number of likely N-dealkylation sites (tertiary alicyclic amines) is 2. The third kappa shape index (κ3) is 4.49. The van der Waals surface area contributed by atoms with Crippen LogP contribution in [0.4, 0.5) is 0 Å². The highest BCUT2D eigenvalue weighted by molar-refractivity contribution is 5.94. The predicted molar refractivity (Wildman–Crippen MR) is 105 cm³/mol. The van der Waals surface area contributed by atoms with Crippen molar-refractivity contribution in [1.29, 1.82) is 0 Å². The quantitative estimate of drug-likeness (QED) is 0.781. The van der Waals surface area contributed by atoms with E-state index in [1.807, 2.05) is 34.1 Å². The van der Waals surface area contributed by atoms with Crippen LogP contribution in [0.5, 0.6) is 5.75 Å². The monoisotopic (exact) mass is 386 g/mol. The predicted octanol–water partition coefficient (Wildman–Crippen LogP) is 2.72. The second-order valence-electron chi connectivity index (χ2n) is 8.13. The number of piperidine rings is 1. The largest absolute Gasteiger partial charge is 0.493 e. The smallest absolute Gasteiger partial charge is 0.253 e. The van der Waals surface area contributed by atoms with Crippen molar-refractivity contribution in [3.63, 3.8) is 0 Å². The maximum absolute atomic E-state index is 12.6. The van der Waals surface area contributed by atoms with Gasteiger partial charge in [0, 0.05) is 44.3 Å². The first-order chi connectivity index (χ1) is 13.7. The van der Waals surface area contributed by atoms with E-state index >= 15 is 0 Å². The Labute approximate surface area is 166 Å². The van der Waals surface area contributed by atoms with Gasteiger partial charge in [-0.3, -0.25) is 9.59 Å². The minimum Gasteiger partial charge on any atom is -0.493 e. The molecule has 0 unspecified atom stereocenters. The number of ether oxygens (including phenoxy) is 2. The molecule has 2 amide bonds. The Morgan fingerprint density at radius 3 is 2.64 bits per heavy atom. The van der Waals surface area contributed by atoms with Crippen LogP contribution in [0.15, 0.2) is 24.3 Å². The number of rotatable bonds is 5. The second kappa shape index (κ2) is 8.95. The molecule has 0 aliphatic carbocycles. The molecule has 3 aliphatic rings. The van der Waals surface area contributed by atoms with Gasteiger partial charge in [-0.05, 0) is 56.7 Å². The molecular formula is C22H30N2O4. The number of carbonyl (C=O) groups is 2. The van der Waals surface area contributed by atoms with Gasteiger partial charge in [-0.25, -0.2) is 0 Å². The van der Waals surface area contributed by atoms with E-state index in [1.54, 1.807) is 0 Å². The van der Waals surface area contributed by atoms with Crippen LogP contribution in [0.25, 0.3) is 0 Å². The summed E-state index contributed by atoms with van der Waals surface area (Å²) < 4.78 is 11.6. The summed E-state index contributed by atoms with van der Waals surface area (Å²) in [7, 11) is 0. The molecule has 3 heterocycles. The Morgan fingerprint density at radius 1 is 1.04 bits per heavy atom. The summed E-state index contributed by atoms with van der Waals surface area (Å²) in [4.78, 5) is 29.0. The van der Waals surface area contributed by atoms with Crippen LogP contribution in [-0.2, 0) is 9.53 Å². The van der Waals surface area contributed by atoms with Crippen LogP contribution in [0, 0.1) is 5.92 Å². The van der Waals surface area contributed by atoms with Crippen molar-refractivity contribution >= 4 is 11.8 Å². The number of hydrogen-bond donors (Lipinski definition) is 0. The third-order valence-electron chi connectivity index (χ3n) is 6.00. The molecule has 0 N–H and O–H groups in total. The lowest BCUT2D eigenvalue weighted by atomic mass is 9.98. The minimum absolute atomic E-state index is 0.0916. The number of benzene rings is 1. The molecule has 4 rings (SSSR count). The van der Waals surface area contributed by atoms with E-state index in [-0.39, 0.29) is 17.9 Å². The van der Waals surface area contributed by atoms with Crippen molar-refractivity contribution in [2.24, 2.45) is 5.92 Å². The Morgan fingerprint density at radius 2 is 1.86 bits per heavy atom. The summed E-state index contributed by atoms with van der Waals surface area (Å²) in [5, 5.41) is 0. The fourth-order valence-corrected chi connectivity index (χ4v) is 4.41. The average molecular weight is 386 g/mol. The molecule has 1 aromatic rings. The highest BCUT2D eigenvalue weighted by atomic mass is 16.5. The maximum Gasteiger partial charge on any atom is 0.253 e. The zero-order valence-corrected chi connectivity index (χ0v) is 16.5. The molecule has 0 saturated carbocycles. The van der Waals surface area contributed by atoms with Gasteiger partial charge >= 0.3 is 0 Å². The molecule has 3 aliphatic heterocycles. The summed E-state index contributed by atoms with van der Waals surface area (Å²) >= 11 is 0. The van der Waals surface area contributed by atoms with E-state index in [0.717, 1.165) is 70.5 Å². The summed E-state index contributed by atoms with van der Waals surface area (Å²) in [5.74, 6) is 1.28. The zero-order chi connectivity index (χ0) is 19.3. The van der Waals surface area contributed by atoms with Crippen LogP contribution >= 0.6 is 0 Å². The second-order valence-corrected chi connectivity index (χ2v) is 8.13. The van der Waals surface area contributed by atoms with Gasteiger partial charge in [0.25, 0.3) is 11.8 Å². The first kappa shape index (κ1) is 19.2. The lowest BCUT2D eigenvalue weighted by Crippen LogP contribution is -2.45. The average Bonchev–Trinajstić information content (AvgIpc) is 3.46. The van der Waals surface area contributed by atoms with Gasteiger partial charge in [-0.2, -0.15) is 0 Å². The summed E-state index contributed by atoms with van der Waals surface area (Å²) in [6.45, 7) is 4.50. The van der Waals surface area contributed by atoms with Crippen LogP contribution in [0.2, 0.25) is 0 Å². The number of nitrogens with zero attached hydrogens (tertiary/aromatic N) is 2. The fraction of sp³-hybridized carbons (Fsp3) is 0.636. The Hall–Kier alpha value is -2.08. The van der Waals surface area contributed by atoms with Gasteiger partial charge in [-0.1, -0.05) is 6.07 Å². The van der Waals surface area contributed by atoms with E-state index in [2.05, 4.69) is 0 Å². The first-order valence-corrected chi connectivity index (χ1v) is 10.6. The van der Waals surface area contributed by atoms with Gasteiger partial charge < -0.3 is 19.3 Å². The van der Waals surface area contributed by atoms with Crippen LogP contribution in [0.1, 0.15) is 48.9 Å². The first-order valence-electron chi connectivity index (χ1n) is 10.6. The highest BCUT2D eigenvalue weighted by Crippen LogP contribution is 2.23. The SMILES string of the molecule is O=C(c1cccc(OC[C@@H]2CCCN(C(=O)[C@H]3CCCO3)C2)c1)N1CCCC1. The van der Waals surface area contributed by atoms with Crippen LogP contribution in [-0.4, -0.2) is 67.1 Å². The van der Waals surface area contributed by atoms with Gasteiger partial charge in [0.2, 0.25) is 0 Å². The zero-order valence-electron chi connectivity index (χ0n) is 16.5. The van der Waals surface area contributed by atoms with Crippen molar-refractivity contribution < 1.29 is 19.1 Å². The third-order valence-corrected chi connectivity index (χ3v) is 6.00. The van der Waals surface area contributed by atoms with E-state index < -0.39 is 0 Å². The Kier molecular flexibility index (Phi) is 6.15. The van der Waals surface area contributed by atoms with Crippen molar-refractivity contribution in [3.8, 4) is 5.75 Å². The van der Waals surface area contributed by atoms with Crippen molar-refractivity contribution in [1.82, 2.24) is 9.80 Å². The number of amides is 2. The number of hydrogen-bond acceptors (Lipinski definition) is 4.